The Labute approximate surface area is 151 Å². The third-order valence-electron chi connectivity index (χ3n) is 4.45. The van der Waals surface area contributed by atoms with E-state index in [0.29, 0.717) is 16.3 Å². The first-order chi connectivity index (χ1) is 11.9. The number of urea groups is 1. The summed E-state index contributed by atoms with van der Waals surface area (Å²) >= 11 is 5.91. The van der Waals surface area contributed by atoms with Crippen LogP contribution >= 0.6 is 11.6 Å². The minimum atomic E-state index is -0.598. The van der Waals surface area contributed by atoms with Crippen molar-refractivity contribution in [2.45, 2.75) is 19.9 Å². The normalized spacial score (nSPS) is 20.0. The largest absolute Gasteiger partial charge is 0.330 e. The molecule has 2 aromatic carbocycles. The zero-order valence-corrected chi connectivity index (χ0v) is 14.9. The van der Waals surface area contributed by atoms with E-state index in [2.05, 4.69) is 17.2 Å². The molecule has 4 nitrogen and oxygen atoms in total. The molecule has 0 radical (unpaired) electrons. The third-order valence-corrected chi connectivity index (χ3v) is 4.70. The van der Waals surface area contributed by atoms with E-state index in [-0.39, 0.29) is 11.8 Å². The van der Waals surface area contributed by atoms with Gasteiger partial charge in [0.2, 0.25) is 0 Å². The van der Waals surface area contributed by atoms with Gasteiger partial charge in [-0.1, -0.05) is 41.9 Å². The summed E-state index contributed by atoms with van der Waals surface area (Å²) in [7, 11) is 0. The maximum atomic E-state index is 13.1. The molecule has 2 aromatic rings. The van der Waals surface area contributed by atoms with Crippen LogP contribution in [0, 0.1) is 19.8 Å². The third kappa shape index (κ3) is 3.44. The van der Waals surface area contributed by atoms with Crippen LogP contribution in [0.15, 0.2) is 54.7 Å². The fraction of sp³-hybridized carbons (Fsp3) is 0.200. The zero-order valence-electron chi connectivity index (χ0n) is 14.1. The number of nitrogens with one attached hydrogen (secondary N) is 2. The molecular weight excluding hydrogens is 336 g/mol. The standard InChI is InChI=1S/C20H19ClN2O2/c1-11-4-5-12(2)16(10-11)18-17(13(3)22-20(25)23-18)19(24)14-6-8-15(21)9-7-14/h4-10,17-18H,3H2,1-2H3,(H2,22,23,25)/t17-,18+/m1/s1. The van der Waals surface area contributed by atoms with Crippen molar-refractivity contribution in [3.05, 3.63) is 82.0 Å². The lowest BCUT2D eigenvalue weighted by molar-refractivity contribution is 0.0905. The summed E-state index contributed by atoms with van der Waals surface area (Å²) in [5.41, 5.74) is 3.93. The maximum absolute atomic E-state index is 13.1. The number of halogens is 1. The first-order valence-corrected chi connectivity index (χ1v) is 8.38. The lowest BCUT2D eigenvalue weighted by atomic mass is 9.81. The molecule has 25 heavy (non-hydrogen) atoms. The molecule has 0 aliphatic carbocycles. The van der Waals surface area contributed by atoms with Gasteiger partial charge in [-0.25, -0.2) is 4.79 Å². The second-order valence-electron chi connectivity index (χ2n) is 6.31. The van der Waals surface area contributed by atoms with Crippen molar-refractivity contribution in [1.29, 1.82) is 0 Å². The number of hydrogen-bond donors (Lipinski definition) is 2. The highest BCUT2D eigenvalue weighted by molar-refractivity contribution is 6.30. The molecule has 128 valence electrons. The number of carbonyl (C=O) groups is 2. The van der Waals surface area contributed by atoms with Crippen molar-refractivity contribution in [1.82, 2.24) is 10.6 Å². The molecule has 1 aliphatic rings. The van der Waals surface area contributed by atoms with Crippen LogP contribution in [0.5, 0.6) is 0 Å². The van der Waals surface area contributed by atoms with Gasteiger partial charge in [0.15, 0.2) is 5.78 Å². The molecule has 0 aromatic heterocycles. The summed E-state index contributed by atoms with van der Waals surface area (Å²) in [6.45, 7) is 7.87. The lowest BCUT2D eigenvalue weighted by Gasteiger charge is -2.34. The monoisotopic (exact) mass is 354 g/mol. The van der Waals surface area contributed by atoms with Gasteiger partial charge in [-0.15, -0.1) is 0 Å². The number of aryl methyl sites for hydroxylation is 2. The molecule has 2 atom stereocenters. The van der Waals surface area contributed by atoms with Gasteiger partial charge in [-0.3, -0.25) is 4.79 Å². The summed E-state index contributed by atoms with van der Waals surface area (Å²) in [6.07, 6.45) is 0. The van der Waals surface area contributed by atoms with Gasteiger partial charge in [-0.05, 0) is 49.2 Å². The summed E-state index contributed by atoms with van der Waals surface area (Å²) in [5.74, 6) is -0.709. The fourth-order valence-electron chi connectivity index (χ4n) is 3.14. The van der Waals surface area contributed by atoms with Gasteiger partial charge in [0.1, 0.15) is 0 Å². The second-order valence-corrected chi connectivity index (χ2v) is 6.75. The van der Waals surface area contributed by atoms with Crippen LogP contribution in [-0.2, 0) is 0 Å². The van der Waals surface area contributed by atoms with E-state index < -0.39 is 12.0 Å². The number of amides is 2. The number of ketones is 1. The Morgan fingerprint density at radius 3 is 2.48 bits per heavy atom. The average Bonchev–Trinajstić information content (AvgIpc) is 2.56. The van der Waals surface area contributed by atoms with E-state index in [1.165, 1.54) is 0 Å². The molecule has 0 saturated carbocycles. The van der Waals surface area contributed by atoms with Crippen molar-refractivity contribution in [2.24, 2.45) is 5.92 Å². The van der Waals surface area contributed by atoms with E-state index >= 15 is 0 Å². The topological polar surface area (TPSA) is 58.2 Å². The van der Waals surface area contributed by atoms with Crippen LogP contribution in [0.4, 0.5) is 4.79 Å². The number of Topliss-reactive ketones (excluding diaryl/α,β-unsaturated/α-hetero) is 1. The van der Waals surface area contributed by atoms with Gasteiger partial charge in [0.25, 0.3) is 0 Å². The number of carbonyl (C=O) groups excluding carboxylic acids is 2. The SMILES string of the molecule is C=C1NC(=O)N[C@@H](c2cc(C)ccc2C)[C@@H]1C(=O)c1ccc(Cl)cc1. The highest BCUT2D eigenvalue weighted by Gasteiger charge is 2.38. The first-order valence-electron chi connectivity index (χ1n) is 8.00. The average molecular weight is 355 g/mol. The van der Waals surface area contributed by atoms with E-state index in [9.17, 15) is 9.59 Å². The molecule has 1 saturated heterocycles. The Morgan fingerprint density at radius 2 is 1.80 bits per heavy atom. The summed E-state index contributed by atoms with van der Waals surface area (Å²) < 4.78 is 0. The number of hydrogen-bond acceptors (Lipinski definition) is 2. The highest BCUT2D eigenvalue weighted by atomic mass is 35.5. The summed E-state index contributed by atoms with van der Waals surface area (Å²) in [6, 6.07) is 11.9. The van der Waals surface area contributed by atoms with Crippen molar-refractivity contribution in [3.8, 4) is 0 Å². The Morgan fingerprint density at radius 1 is 1.12 bits per heavy atom. The quantitative estimate of drug-likeness (QED) is 0.806. The molecule has 2 amide bonds. The van der Waals surface area contributed by atoms with Crippen molar-refractivity contribution in [2.75, 3.05) is 0 Å². The van der Waals surface area contributed by atoms with Crippen LogP contribution < -0.4 is 10.6 Å². The zero-order chi connectivity index (χ0) is 18.1. The minimum absolute atomic E-state index is 0.111. The van der Waals surface area contributed by atoms with E-state index in [4.69, 9.17) is 11.6 Å². The molecule has 1 fully saturated rings. The molecule has 0 bridgehead atoms. The summed E-state index contributed by atoms with van der Waals surface area (Å²) in [4.78, 5) is 25.1. The van der Waals surface area contributed by atoms with E-state index in [1.54, 1.807) is 24.3 Å². The Hall–Kier alpha value is -2.59. The Balaban J connectivity index is 2.05. The minimum Gasteiger partial charge on any atom is -0.330 e. The molecule has 1 heterocycles. The molecule has 5 heteroatoms. The number of benzene rings is 2. The maximum Gasteiger partial charge on any atom is 0.319 e. The first kappa shape index (κ1) is 17.2. The molecular formula is C20H19ClN2O2. The van der Waals surface area contributed by atoms with Gasteiger partial charge < -0.3 is 10.6 Å². The molecule has 0 unspecified atom stereocenters. The predicted octanol–water partition coefficient (Wildman–Crippen LogP) is 4.32. The summed E-state index contributed by atoms with van der Waals surface area (Å²) in [5, 5.41) is 6.09. The molecule has 0 spiro atoms. The Kier molecular flexibility index (Phi) is 4.64. The molecule has 2 N–H and O–H groups in total. The van der Waals surface area contributed by atoms with Crippen molar-refractivity contribution < 1.29 is 9.59 Å². The lowest BCUT2D eigenvalue weighted by Crippen LogP contribution is -2.50. The van der Waals surface area contributed by atoms with E-state index in [1.807, 2.05) is 32.0 Å². The van der Waals surface area contributed by atoms with E-state index in [0.717, 1.165) is 16.7 Å². The van der Waals surface area contributed by atoms with Crippen LogP contribution in [0.25, 0.3) is 0 Å². The molecule has 3 rings (SSSR count). The van der Waals surface area contributed by atoms with Crippen LogP contribution in [0.1, 0.15) is 33.1 Å². The van der Waals surface area contributed by atoms with Gasteiger partial charge in [0.05, 0.1) is 12.0 Å². The Bertz CT molecular complexity index is 858. The van der Waals surface area contributed by atoms with Gasteiger partial charge in [-0.2, -0.15) is 0 Å². The molecule has 1 aliphatic heterocycles. The van der Waals surface area contributed by atoms with Crippen molar-refractivity contribution >= 4 is 23.4 Å². The smallest absolute Gasteiger partial charge is 0.319 e. The second kappa shape index (κ2) is 6.73. The fourth-order valence-corrected chi connectivity index (χ4v) is 3.27. The van der Waals surface area contributed by atoms with Crippen LogP contribution in [-0.4, -0.2) is 11.8 Å². The predicted molar refractivity (Wildman–Crippen MR) is 98.7 cm³/mol. The van der Waals surface area contributed by atoms with Crippen LogP contribution in [0.2, 0.25) is 5.02 Å². The van der Waals surface area contributed by atoms with Gasteiger partial charge in [0, 0.05) is 16.3 Å². The number of rotatable bonds is 3. The highest BCUT2D eigenvalue weighted by Crippen LogP contribution is 2.34. The van der Waals surface area contributed by atoms with Crippen LogP contribution in [0.3, 0.4) is 0 Å². The van der Waals surface area contributed by atoms with Crippen molar-refractivity contribution in [3.63, 3.8) is 0 Å². The van der Waals surface area contributed by atoms with Gasteiger partial charge >= 0.3 is 6.03 Å².